The van der Waals surface area contributed by atoms with E-state index in [-0.39, 0.29) is 17.1 Å². The number of carbonyl (C=O) groups is 2. The summed E-state index contributed by atoms with van der Waals surface area (Å²) in [6.45, 7) is 3.59. The molecule has 0 radical (unpaired) electrons. The van der Waals surface area contributed by atoms with Gasteiger partial charge in [-0.1, -0.05) is 17.3 Å². The van der Waals surface area contributed by atoms with E-state index in [0.717, 1.165) is 5.56 Å². The number of nitrogens with zero attached hydrogens (tertiary/aromatic N) is 1. The van der Waals surface area contributed by atoms with Gasteiger partial charge in [-0.2, -0.15) is 0 Å². The highest BCUT2D eigenvalue weighted by atomic mass is 32.2. The second-order valence-corrected chi connectivity index (χ2v) is 6.28. The number of carbonyl (C=O) groups excluding carboxylic acids is 2. The van der Waals surface area contributed by atoms with Crippen LogP contribution in [0.15, 0.2) is 34.9 Å². The lowest BCUT2D eigenvalue weighted by Crippen LogP contribution is -2.22. The molecule has 0 aliphatic carbocycles. The molecular weight excluding hydrogens is 316 g/mol. The molecule has 1 aromatic heterocycles. The van der Waals surface area contributed by atoms with Crippen molar-refractivity contribution >= 4 is 29.5 Å². The SMILES string of the molecule is COC(=O)c1ccc(CS[C@@H](C)C(=O)Nc2cc(C)on2)cc1. The number of hydrogen-bond acceptors (Lipinski definition) is 6. The Bertz CT molecular complexity index is 682. The van der Waals surface area contributed by atoms with Crippen molar-refractivity contribution in [2.45, 2.75) is 24.9 Å². The summed E-state index contributed by atoms with van der Waals surface area (Å²) >= 11 is 1.50. The third-order valence-corrected chi connectivity index (χ3v) is 4.34. The van der Waals surface area contributed by atoms with Crippen LogP contribution in [0.4, 0.5) is 5.82 Å². The normalized spacial score (nSPS) is 11.8. The Kier molecular flexibility index (Phi) is 5.81. The van der Waals surface area contributed by atoms with Gasteiger partial charge < -0.3 is 14.6 Å². The predicted octanol–water partition coefficient (Wildman–Crippen LogP) is 3.03. The first-order chi connectivity index (χ1) is 11.0. The minimum Gasteiger partial charge on any atom is -0.465 e. The smallest absolute Gasteiger partial charge is 0.337 e. The lowest BCUT2D eigenvalue weighted by molar-refractivity contribution is -0.115. The van der Waals surface area contributed by atoms with Crippen LogP contribution in [0.2, 0.25) is 0 Å². The van der Waals surface area contributed by atoms with Crippen molar-refractivity contribution in [2.24, 2.45) is 0 Å². The van der Waals surface area contributed by atoms with Gasteiger partial charge in [0.2, 0.25) is 5.91 Å². The van der Waals surface area contributed by atoms with Crippen molar-refractivity contribution in [1.82, 2.24) is 5.16 Å². The fourth-order valence-electron chi connectivity index (χ4n) is 1.80. The number of benzene rings is 1. The van der Waals surface area contributed by atoms with Gasteiger partial charge >= 0.3 is 5.97 Å². The van der Waals surface area contributed by atoms with Crippen LogP contribution in [0, 0.1) is 6.92 Å². The van der Waals surface area contributed by atoms with E-state index in [9.17, 15) is 9.59 Å². The predicted molar refractivity (Wildman–Crippen MR) is 88.4 cm³/mol. The fourth-order valence-corrected chi connectivity index (χ4v) is 2.65. The van der Waals surface area contributed by atoms with E-state index >= 15 is 0 Å². The van der Waals surface area contributed by atoms with Crippen molar-refractivity contribution in [1.29, 1.82) is 0 Å². The Balaban J connectivity index is 1.84. The molecule has 1 atom stereocenters. The van der Waals surface area contributed by atoms with Crippen molar-refractivity contribution in [3.8, 4) is 0 Å². The van der Waals surface area contributed by atoms with Crippen LogP contribution in [0.25, 0.3) is 0 Å². The maximum absolute atomic E-state index is 12.1. The van der Waals surface area contributed by atoms with Crippen LogP contribution >= 0.6 is 11.8 Å². The number of thioether (sulfide) groups is 1. The molecular formula is C16H18N2O4S. The molecule has 0 unspecified atom stereocenters. The van der Waals surface area contributed by atoms with Crippen LogP contribution in [0.3, 0.4) is 0 Å². The molecule has 6 nitrogen and oxygen atoms in total. The highest BCUT2D eigenvalue weighted by Crippen LogP contribution is 2.20. The van der Waals surface area contributed by atoms with E-state index < -0.39 is 0 Å². The number of esters is 1. The van der Waals surface area contributed by atoms with Gasteiger partial charge in [-0.05, 0) is 31.5 Å². The molecule has 7 heteroatoms. The first-order valence-corrected chi connectivity index (χ1v) is 8.07. The monoisotopic (exact) mass is 334 g/mol. The Hall–Kier alpha value is -2.28. The molecule has 1 aromatic carbocycles. The minimum atomic E-state index is -0.361. The molecule has 0 bridgehead atoms. The number of rotatable bonds is 6. The molecule has 1 heterocycles. The molecule has 1 amide bonds. The largest absolute Gasteiger partial charge is 0.465 e. The average molecular weight is 334 g/mol. The fraction of sp³-hybridized carbons (Fsp3) is 0.312. The zero-order valence-electron chi connectivity index (χ0n) is 13.2. The Labute approximate surface area is 138 Å². The molecule has 23 heavy (non-hydrogen) atoms. The van der Waals surface area contributed by atoms with Gasteiger partial charge in [0.1, 0.15) is 5.76 Å². The van der Waals surface area contributed by atoms with Crippen molar-refractivity contribution in [3.05, 3.63) is 47.2 Å². The molecule has 2 rings (SSSR count). The maximum atomic E-state index is 12.1. The first kappa shape index (κ1) is 17.1. The van der Waals surface area contributed by atoms with Gasteiger partial charge in [0, 0.05) is 11.8 Å². The second-order valence-electron chi connectivity index (χ2n) is 4.95. The lowest BCUT2D eigenvalue weighted by Gasteiger charge is -2.10. The highest BCUT2D eigenvalue weighted by Gasteiger charge is 2.15. The maximum Gasteiger partial charge on any atom is 0.337 e. The average Bonchev–Trinajstić information content (AvgIpc) is 2.97. The molecule has 0 saturated heterocycles. The zero-order chi connectivity index (χ0) is 16.8. The van der Waals surface area contributed by atoms with Crippen LogP contribution in [0.5, 0.6) is 0 Å². The van der Waals surface area contributed by atoms with Gasteiger partial charge in [0.15, 0.2) is 5.82 Å². The van der Waals surface area contributed by atoms with Gasteiger partial charge in [0.25, 0.3) is 0 Å². The number of methoxy groups -OCH3 is 1. The highest BCUT2D eigenvalue weighted by molar-refractivity contribution is 7.99. The van der Waals surface area contributed by atoms with Crippen LogP contribution in [-0.2, 0) is 15.3 Å². The molecule has 2 aromatic rings. The molecule has 122 valence electrons. The summed E-state index contributed by atoms with van der Waals surface area (Å²) < 4.78 is 9.56. The molecule has 0 aliphatic rings. The van der Waals surface area contributed by atoms with Crippen LogP contribution < -0.4 is 5.32 Å². The lowest BCUT2D eigenvalue weighted by atomic mass is 10.1. The molecule has 0 spiro atoms. The second kappa shape index (κ2) is 7.82. The van der Waals surface area contributed by atoms with Crippen molar-refractivity contribution in [2.75, 3.05) is 12.4 Å². The molecule has 0 saturated carbocycles. The molecule has 1 N–H and O–H groups in total. The van der Waals surface area contributed by atoms with E-state index in [0.29, 0.717) is 22.9 Å². The third-order valence-electron chi connectivity index (χ3n) is 3.12. The minimum absolute atomic E-state index is 0.130. The number of amides is 1. The van der Waals surface area contributed by atoms with Gasteiger partial charge in [-0.15, -0.1) is 11.8 Å². The summed E-state index contributed by atoms with van der Waals surface area (Å²) in [4.78, 5) is 23.4. The van der Waals surface area contributed by atoms with E-state index in [4.69, 9.17) is 4.52 Å². The van der Waals surface area contributed by atoms with Crippen molar-refractivity contribution in [3.63, 3.8) is 0 Å². The Morgan fingerprint density at radius 1 is 1.35 bits per heavy atom. The number of aryl methyl sites for hydroxylation is 1. The van der Waals surface area contributed by atoms with E-state index in [2.05, 4.69) is 15.2 Å². The van der Waals surface area contributed by atoms with E-state index in [1.54, 1.807) is 25.1 Å². The first-order valence-electron chi connectivity index (χ1n) is 7.02. The summed E-state index contributed by atoms with van der Waals surface area (Å²) in [5, 5.41) is 6.19. The Morgan fingerprint density at radius 3 is 2.61 bits per heavy atom. The summed E-state index contributed by atoms with van der Waals surface area (Å²) in [6.07, 6.45) is 0. The van der Waals surface area contributed by atoms with E-state index in [1.807, 2.05) is 19.1 Å². The number of hydrogen-bond donors (Lipinski definition) is 1. The number of aromatic nitrogens is 1. The third kappa shape index (κ3) is 4.85. The summed E-state index contributed by atoms with van der Waals surface area (Å²) in [5.41, 5.74) is 1.54. The summed E-state index contributed by atoms with van der Waals surface area (Å²) in [6, 6.07) is 8.80. The number of anilines is 1. The van der Waals surface area contributed by atoms with Crippen LogP contribution in [-0.4, -0.2) is 29.4 Å². The summed E-state index contributed by atoms with van der Waals surface area (Å²) in [5.74, 6) is 1.23. The quantitative estimate of drug-likeness (QED) is 0.818. The van der Waals surface area contributed by atoms with Crippen LogP contribution in [0.1, 0.15) is 28.6 Å². The number of nitrogens with one attached hydrogen (secondary N) is 1. The van der Waals surface area contributed by atoms with Crippen molar-refractivity contribution < 1.29 is 18.8 Å². The summed E-state index contributed by atoms with van der Waals surface area (Å²) in [7, 11) is 1.35. The standard InChI is InChI=1S/C16H18N2O4S/c1-10-8-14(18-22-10)17-15(19)11(2)23-9-12-4-6-13(7-5-12)16(20)21-3/h4-8,11H,9H2,1-3H3,(H,17,18,19)/t11-/m0/s1. The zero-order valence-corrected chi connectivity index (χ0v) is 14.0. The Morgan fingerprint density at radius 2 is 2.04 bits per heavy atom. The molecule has 0 aliphatic heterocycles. The number of ether oxygens (including phenoxy) is 1. The van der Waals surface area contributed by atoms with E-state index in [1.165, 1.54) is 18.9 Å². The molecule has 0 fully saturated rings. The van der Waals surface area contributed by atoms with Gasteiger partial charge in [-0.3, -0.25) is 4.79 Å². The topological polar surface area (TPSA) is 81.4 Å². The van der Waals surface area contributed by atoms with Gasteiger partial charge in [-0.25, -0.2) is 4.79 Å². The van der Waals surface area contributed by atoms with Gasteiger partial charge in [0.05, 0.1) is 17.9 Å².